The van der Waals surface area contributed by atoms with Crippen molar-refractivity contribution in [2.75, 3.05) is 6.54 Å². The number of aliphatic hydroxyl groups is 2. The van der Waals surface area contributed by atoms with Gasteiger partial charge in [0.05, 0.1) is 16.7 Å². The fourth-order valence-electron chi connectivity index (χ4n) is 2.42. The molecule has 0 fully saturated rings. The van der Waals surface area contributed by atoms with Gasteiger partial charge in [0.1, 0.15) is 12.7 Å². The van der Waals surface area contributed by atoms with Gasteiger partial charge in [0.2, 0.25) is 0 Å². The maximum absolute atomic E-state index is 12.9. The van der Waals surface area contributed by atoms with Crippen LogP contribution in [0.25, 0.3) is 0 Å². The van der Waals surface area contributed by atoms with Crippen LogP contribution in [0.15, 0.2) is 48.5 Å². The largest absolute Gasteiger partial charge is 0.445 e. The quantitative estimate of drug-likeness (QED) is 0.634. The number of nitrogens with one attached hydrogen (secondary N) is 1. The zero-order valence-electron chi connectivity index (χ0n) is 14.6. The van der Waals surface area contributed by atoms with Crippen LogP contribution in [0.2, 0.25) is 5.02 Å². The lowest BCUT2D eigenvalue weighted by Gasteiger charge is -2.20. The fourth-order valence-corrected chi connectivity index (χ4v) is 2.65. The zero-order valence-corrected chi connectivity index (χ0v) is 15.4. The van der Waals surface area contributed by atoms with E-state index in [0.29, 0.717) is 6.07 Å². The van der Waals surface area contributed by atoms with Gasteiger partial charge in [0.25, 0.3) is 0 Å². The summed E-state index contributed by atoms with van der Waals surface area (Å²) in [7, 11) is 0. The predicted molar refractivity (Wildman–Crippen MR) is 96.7 cm³/mol. The highest BCUT2D eigenvalue weighted by Crippen LogP contribution is 2.36. The van der Waals surface area contributed by atoms with Gasteiger partial charge in [0.15, 0.2) is 0 Å². The average Bonchev–Trinajstić information content (AvgIpc) is 2.66. The third-order valence-corrected chi connectivity index (χ3v) is 4.25. The summed E-state index contributed by atoms with van der Waals surface area (Å²) in [6, 6.07) is 11.9. The Balaban J connectivity index is 1.82. The van der Waals surface area contributed by atoms with Crippen LogP contribution in [0.5, 0.6) is 0 Å². The highest BCUT2D eigenvalue weighted by Gasteiger charge is 2.34. The lowest BCUT2D eigenvalue weighted by molar-refractivity contribution is -0.137. The number of amides is 1. The second-order valence-corrected chi connectivity index (χ2v) is 6.43. The van der Waals surface area contributed by atoms with Crippen LogP contribution in [0.1, 0.15) is 29.2 Å². The van der Waals surface area contributed by atoms with E-state index < -0.39 is 35.1 Å². The van der Waals surface area contributed by atoms with Crippen LogP contribution in [0.4, 0.5) is 18.0 Å². The number of hydrogen-bond donors (Lipinski definition) is 3. The van der Waals surface area contributed by atoms with E-state index in [2.05, 4.69) is 5.32 Å². The van der Waals surface area contributed by atoms with Crippen LogP contribution in [-0.2, 0) is 17.5 Å². The SMILES string of the molecule is O=C(NCCC(O)C(O)c1ccc(Cl)c(C(F)(F)F)c1)OCc1ccccc1. The fraction of sp³-hybridized carbons (Fsp3) is 0.316. The van der Waals surface area contributed by atoms with E-state index in [-0.39, 0.29) is 25.1 Å². The minimum atomic E-state index is -4.68. The number of halogens is 4. The summed E-state index contributed by atoms with van der Waals surface area (Å²) in [5.41, 5.74) is -0.423. The van der Waals surface area contributed by atoms with Crippen molar-refractivity contribution < 1.29 is 32.9 Å². The summed E-state index contributed by atoms with van der Waals surface area (Å²) in [6.45, 7) is 0.0361. The zero-order chi connectivity index (χ0) is 20.7. The number of alkyl halides is 3. The molecule has 2 unspecified atom stereocenters. The summed E-state index contributed by atoms with van der Waals surface area (Å²) in [6.07, 6.45) is -8.44. The summed E-state index contributed by atoms with van der Waals surface area (Å²) < 4.78 is 43.7. The molecule has 152 valence electrons. The summed E-state index contributed by atoms with van der Waals surface area (Å²) in [4.78, 5) is 11.6. The molecule has 1 amide bonds. The Hall–Kier alpha value is -2.29. The number of hydrogen-bond acceptors (Lipinski definition) is 4. The molecule has 9 heteroatoms. The van der Waals surface area contributed by atoms with Gasteiger partial charge in [-0.05, 0) is 29.7 Å². The Morgan fingerprint density at radius 2 is 1.82 bits per heavy atom. The monoisotopic (exact) mass is 417 g/mol. The van der Waals surface area contributed by atoms with Gasteiger partial charge >= 0.3 is 12.3 Å². The molecule has 0 spiro atoms. The lowest BCUT2D eigenvalue weighted by Crippen LogP contribution is -2.29. The maximum atomic E-state index is 12.9. The Bertz CT molecular complexity index is 786. The van der Waals surface area contributed by atoms with Gasteiger partial charge in [-0.3, -0.25) is 0 Å². The van der Waals surface area contributed by atoms with Gasteiger partial charge in [-0.2, -0.15) is 13.2 Å². The lowest BCUT2D eigenvalue weighted by atomic mass is 10.00. The van der Waals surface area contributed by atoms with Crippen LogP contribution >= 0.6 is 11.6 Å². The molecule has 0 saturated heterocycles. The van der Waals surface area contributed by atoms with Gasteiger partial charge < -0.3 is 20.3 Å². The van der Waals surface area contributed by atoms with Crippen molar-refractivity contribution in [2.45, 2.75) is 31.4 Å². The van der Waals surface area contributed by atoms with E-state index in [1.165, 1.54) is 6.07 Å². The van der Waals surface area contributed by atoms with Crippen LogP contribution < -0.4 is 5.32 Å². The number of ether oxygens (including phenoxy) is 1. The first-order valence-corrected chi connectivity index (χ1v) is 8.73. The van der Waals surface area contributed by atoms with Crippen molar-refractivity contribution in [3.63, 3.8) is 0 Å². The Kier molecular flexibility index (Phi) is 7.68. The average molecular weight is 418 g/mol. The number of benzene rings is 2. The van der Waals surface area contributed by atoms with Crippen molar-refractivity contribution in [3.8, 4) is 0 Å². The number of carbonyl (C=O) groups excluding carboxylic acids is 1. The molecule has 0 aliphatic carbocycles. The van der Waals surface area contributed by atoms with Crippen molar-refractivity contribution in [3.05, 3.63) is 70.2 Å². The van der Waals surface area contributed by atoms with Crippen molar-refractivity contribution in [2.24, 2.45) is 0 Å². The molecule has 5 nitrogen and oxygen atoms in total. The first kappa shape index (κ1) is 22.0. The van der Waals surface area contributed by atoms with E-state index in [4.69, 9.17) is 16.3 Å². The molecular weight excluding hydrogens is 399 g/mol. The molecule has 2 atom stereocenters. The third-order valence-electron chi connectivity index (χ3n) is 3.92. The van der Waals surface area contributed by atoms with Crippen LogP contribution in [0, 0.1) is 0 Å². The van der Waals surface area contributed by atoms with Crippen molar-refractivity contribution >= 4 is 17.7 Å². The smallest absolute Gasteiger partial charge is 0.417 e. The van der Waals surface area contributed by atoms with Crippen molar-refractivity contribution in [1.82, 2.24) is 5.32 Å². The minimum Gasteiger partial charge on any atom is -0.445 e. The molecular formula is C19H19ClF3NO4. The Morgan fingerprint density at radius 1 is 1.14 bits per heavy atom. The Labute approximate surface area is 164 Å². The van der Waals surface area contributed by atoms with Crippen molar-refractivity contribution in [1.29, 1.82) is 0 Å². The molecule has 0 aromatic heterocycles. The third kappa shape index (κ3) is 6.40. The van der Waals surface area contributed by atoms with Crippen LogP contribution in [-0.4, -0.2) is 29.0 Å². The molecule has 2 aromatic rings. The highest BCUT2D eigenvalue weighted by atomic mass is 35.5. The number of rotatable bonds is 7. The summed E-state index contributed by atoms with van der Waals surface area (Å²) in [5.74, 6) is 0. The van der Waals surface area contributed by atoms with E-state index in [1.807, 2.05) is 6.07 Å². The van der Waals surface area contributed by atoms with Gasteiger partial charge in [-0.25, -0.2) is 4.79 Å². The van der Waals surface area contributed by atoms with Gasteiger partial charge in [-0.15, -0.1) is 0 Å². The Morgan fingerprint density at radius 3 is 2.46 bits per heavy atom. The molecule has 0 saturated carbocycles. The van der Waals surface area contributed by atoms with Crippen LogP contribution in [0.3, 0.4) is 0 Å². The minimum absolute atomic E-state index is 0.0361. The first-order chi connectivity index (χ1) is 13.2. The van der Waals surface area contributed by atoms with E-state index in [9.17, 15) is 28.2 Å². The molecule has 0 bridgehead atoms. The molecule has 3 N–H and O–H groups in total. The predicted octanol–water partition coefficient (Wildman–Crippen LogP) is 4.07. The van der Waals surface area contributed by atoms with E-state index in [0.717, 1.165) is 11.6 Å². The molecule has 0 radical (unpaired) electrons. The summed E-state index contributed by atoms with van der Waals surface area (Å²) >= 11 is 5.53. The second-order valence-electron chi connectivity index (χ2n) is 6.03. The van der Waals surface area contributed by atoms with Gasteiger partial charge in [-0.1, -0.05) is 48.0 Å². The molecule has 2 aromatic carbocycles. The topological polar surface area (TPSA) is 78.8 Å². The highest BCUT2D eigenvalue weighted by molar-refractivity contribution is 6.31. The number of alkyl carbamates (subject to hydrolysis) is 1. The number of carbonyl (C=O) groups is 1. The molecule has 2 rings (SSSR count). The summed E-state index contributed by atoms with van der Waals surface area (Å²) in [5, 5.41) is 22.0. The maximum Gasteiger partial charge on any atom is 0.417 e. The number of aliphatic hydroxyl groups excluding tert-OH is 2. The van der Waals surface area contributed by atoms with E-state index >= 15 is 0 Å². The molecule has 0 heterocycles. The van der Waals surface area contributed by atoms with E-state index in [1.54, 1.807) is 24.3 Å². The first-order valence-electron chi connectivity index (χ1n) is 8.36. The standard InChI is InChI=1S/C19H19ClF3NO4/c20-15-7-6-13(10-14(15)19(21,22)23)17(26)16(25)8-9-24-18(27)28-11-12-4-2-1-3-5-12/h1-7,10,16-17,25-26H,8-9,11H2,(H,24,27). The molecule has 0 aliphatic rings. The molecule has 0 aliphatic heterocycles. The normalized spacial score (nSPS) is 13.6. The second kappa shape index (κ2) is 9.77. The van der Waals surface area contributed by atoms with Gasteiger partial charge in [0, 0.05) is 6.54 Å². The molecule has 28 heavy (non-hydrogen) atoms.